The number of hydrogen-bond donors (Lipinski definition) is 2. The summed E-state index contributed by atoms with van der Waals surface area (Å²) in [7, 11) is 3.78. The van der Waals surface area contributed by atoms with E-state index in [0.29, 0.717) is 19.4 Å². The normalized spacial score (nSPS) is 20.2. The van der Waals surface area contributed by atoms with E-state index in [-0.39, 0.29) is 29.4 Å². The Hall–Kier alpha value is -2.71. The van der Waals surface area contributed by atoms with E-state index in [0.717, 1.165) is 63.6 Å². The molecule has 1 fully saturated rings. The maximum Gasteiger partial charge on any atom is 0.325 e. The number of amides is 4. The van der Waals surface area contributed by atoms with Crippen LogP contribution in [0.3, 0.4) is 0 Å². The van der Waals surface area contributed by atoms with E-state index in [4.69, 9.17) is 10.5 Å². The molecule has 1 aliphatic heterocycles. The van der Waals surface area contributed by atoms with Gasteiger partial charge in [0.2, 0.25) is 5.91 Å². The van der Waals surface area contributed by atoms with Gasteiger partial charge in [0.1, 0.15) is 5.54 Å². The van der Waals surface area contributed by atoms with E-state index < -0.39 is 5.54 Å². The van der Waals surface area contributed by atoms with Gasteiger partial charge in [-0.25, -0.2) is 4.79 Å². The fourth-order valence-corrected chi connectivity index (χ4v) is 4.39. The number of allylic oxidation sites excluding steroid dienone is 4. The molecule has 4 amide bonds. The number of carbonyl (C=O) groups is 3. The fourth-order valence-electron chi connectivity index (χ4n) is 4.39. The Balaban J connectivity index is 0.00000152. The number of unbranched alkanes of at least 4 members (excludes halogenated alkanes) is 2. The van der Waals surface area contributed by atoms with Crippen molar-refractivity contribution in [1.29, 1.82) is 0 Å². The zero-order chi connectivity index (χ0) is 32.9. The van der Waals surface area contributed by atoms with Crippen LogP contribution in [-0.4, -0.2) is 73.1 Å². The second-order valence-corrected chi connectivity index (χ2v) is 11.6. The summed E-state index contributed by atoms with van der Waals surface area (Å²) in [5, 5.41) is 3.01. The van der Waals surface area contributed by atoms with Crippen molar-refractivity contribution in [1.82, 2.24) is 15.1 Å². The maximum absolute atomic E-state index is 13.2. The topological polar surface area (TPSA) is 105 Å². The van der Waals surface area contributed by atoms with E-state index in [9.17, 15) is 14.4 Å². The second-order valence-electron chi connectivity index (χ2n) is 11.6. The lowest BCUT2D eigenvalue weighted by molar-refractivity contribution is -0.131. The number of nitrogens with two attached hydrogens (primary N) is 1. The van der Waals surface area contributed by atoms with Crippen molar-refractivity contribution in [2.75, 3.05) is 33.8 Å². The van der Waals surface area contributed by atoms with E-state index in [1.54, 1.807) is 7.11 Å². The number of methoxy groups -OCH3 is 1. The summed E-state index contributed by atoms with van der Waals surface area (Å²) in [5.41, 5.74) is 4.90. The molecule has 2 atom stereocenters. The summed E-state index contributed by atoms with van der Waals surface area (Å²) in [5.74, 6) is -0.325. The minimum absolute atomic E-state index is 0.0705. The zero-order valence-corrected chi connectivity index (χ0v) is 28.7. The molecule has 8 nitrogen and oxygen atoms in total. The van der Waals surface area contributed by atoms with Crippen LogP contribution in [0.1, 0.15) is 106 Å². The molecule has 0 aromatic heterocycles. The van der Waals surface area contributed by atoms with E-state index >= 15 is 0 Å². The van der Waals surface area contributed by atoms with Gasteiger partial charge in [0.25, 0.3) is 5.91 Å². The number of carbonyl (C=O) groups excluding carboxylic acids is 3. The number of primary amides is 1. The first-order chi connectivity index (χ1) is 20.5. The van der Waals surface area contributed by atoms with Crippen LogP contribution in [0.15, 0.2) is 48.1 Å². The van der Waals surface area contributed by atoms with Gasteiger partial charge in [-0.1, -0.05) is 91.0 Å². The average Bonchev–Trinajstić information content (AvgIpc) is 3.25. The number of hydrogen-bond acceptors (Lipinski definition) is 5. The predicted molar refractivity (Wildman–Crippen MR) is 180 cm³/mol. The van der Waals surface area contributed by atoms with Crippen LogP contribution in [0.5, 0.6) is 0 Å². The number of ether oxygens (including phenoxy) is 1. The van der Waals surface area contributed by atoms with Gasteiger partial charge >= 0.3 is 6.03 Å². The minimum Gasteiger partial charge on any atom is -0.377 e. The number of imide groups is 1. The number of urea groups is 1. The molecule has 2 unspecified atom stereocenters. The largest absolute Gasteiger partial charge is 0.377 e. The predicted octanol–water partition coefficient (Wildman–Crippen LogP) is 6.93. The summed E-state index contributed by atoms with van der Waals surface area (Å²) < 4.78 is 5.32. The summed E-state index contributed by atoms with van der Waals surface area (Å²) in [6.45, 7) is 15.9. The van der Waals surface area contributed by atoms with Crippen LogP contribution < -0.4 is 11.1 Å². The highest BCUT2D eigenvalue weighted by atomic mass is 16.5. The van der Waals surface area contributed by atoms with Crippen molar-refractivity contribution in [2.24, 2.45) is 11.1 Å². The lowest BCUT2D eigenvalue weighted by atomic mass is 9.90. The Morgan fingerprint density at radius 3 is 2.33 bits per heavy atom. The third-order valence-corrected chi connectivity index (χ3v) is 8.10. The molecule has 1 saturated heterocycles. The summed E-state index contributed by atoms with van der Waals surface area (Å²) in [6.07, 6.45) is 23.3. The standard InChI is InChI=1S/C27H43N3O3.C6H13NO.C2H6/c1-5-7-8-9-10-11-12-13-14-20-29(3)21-19-27(6-2)25(31)30(26(32)28-27)22-23-15-17-24(33-4)18-16-23;1-4-6(2,3)5(7)8;1-2/h7-8,10-11,15-17,24H,5-6,9,12-14,18-22H2,1-4H3,(H,28,32);4H2,1-3H3,(H2,7,8);1-2H3/b8-7-,11-10-;;. The second kappa shape index (κ2) is 21.9. The molecule has 2 aliphatic rings. The van der Waals surface area contributed by atoms with Gasteiger partial charge in [-0.3, -0.25) is 14.5 Å². The fraction of sp³-hybridized carbons (Fsp3) is 0.686. The Bertz CT molecular complexity index is 953. The van der Waals surface area contributed by atoms with Gasteiger partial charge in [0.15, 0.2) is 0 Å². The van der Waals surface area contributed by atoms with Gasteiger partial charge in [0, 0.05) is 19.1 Å². The van der Waals surface area contributed by atoms with Gasteiger partial charge in [-0.2, -0.15) is 0 Å². The van der Waals surface area contributed by atoms with Crippen LogP contribution >= 0.6 is 0 Å². The van der Waals surface area contributed by atoms with Crippen LogP contribution in [0, 0.1) is 5.41 Å². The van der Waals surface area contributed by atoms with Gasteiger partial charge in [-0.05, 0) is 77.0 Å². The van der Waals surface area contributed by atoms with Crippen molar-refractivity contribution in [3.05, 3.63) is 48.1 Å². The van der Waals surface area contributed by atoms with Crippen molar-refractivity contribution in [3.8, 4) is 0 Å². The first-order valence-electron chi connectivity index (χ1n) is 16.3. The van der Waals surface area contributed by atoms with Crippen LogP contribution in [0.2, 0.25) is 0 Å². The quantitative estimate of drug-likeness (QED) is 0.107. The molecule has 2 rings (SSSR count). The first-order valence-corrected chi connectivity index (χ1v) is 16.3. The Morgan fingerprint density at radius 2 is 1.81 bits per heavy atom. The molecule has 0 bridgehead atoms. The monoisotopic (exact) mass is 602 g/mol. The molecule has 0 radical (unpaired) electrons. The van der Waals surface area contributed by atoms with Crippen molar-refractivity contribution in [2.45, 2.75) is 118 Å². The number of rotatable bonds is 17. The molecule has 0 aromatic rings. The Kier molecular flexibility index (Phi) is 20.5. The van der Waals surface area contributed by atoms with Crippen LogP contribution in [0.4, 0.5) is 4.79 Å². The minimum atomic E-state index is -0.798. The molecule has 43 heavy (non-hydrogen) atoms. The van der Waals surface area contributed by atoms with E-state index in [2.05, 4.69) is 48.5 Å². The van der Waals surface area contributed by atoms with Gasteiger partial charge < -0.3 is 20.7 Å². The first kappa shape index (κ1) is 40.3. The lowest BCUT2D eigenvalue weighted by Crippen LogP contribution is -2.48. The Morgan fingerprint density at radius 1 is 1.14 bits per heavy atom. The zero-order valence-electron chi connectivity index (χ0n) is 28.7. The maximum atomic E-state index is 13.2. The molecular formula is C35H62N4O4. The van der Waals surface area contributed by atoms with Crippen molar-refractivity contribution < 1.29 is 19.1 Å². The Labute approximate surface area is 262 Å². The molecule has 8 heteroatoms. The molecule has 1 aliphatic carbocycles. The molecule has 0 saturated carbocycles. The summed E-state index contributed by atoms with van der Waals surface area (Å²) in [6, 6.07) is -0.284. The van der Waals surface area contributed by atoms with Gasteiger partial charge in [-0.15, -0.1) is 0 Å². The molecule has 0 aromatic carbocycles. The number of nitrogens with zero attached hydrogens (tertiary/aromatic N) is 2. The highest BCUT2D eigenvalue weighted by molar-refractivity contribution is 6.07. The molecule has 0 spiro atoms. The molecule has 3 N–H and O–H groups in total. The van der Waals surface area contributed by atoms with E-state index in [1.807, 2.05) is 59.8 Å². The molecular weight excluding hydrogens is 540 g/mol. The molecule has 246 valence electrons. The third-order valence-electron chi connectivity index (χ3n) is 8.10. The summed E-state index contributed by atoms with van der Waals surface area (Å²) in [4.78, 5) is 40.0. The third kappa shape index (κ3) is 14.5. The van der Waals surface area contributed by atoms with E-state index in [1.165, 1.54) is 4.90 Å². The highest BCUT2D eigenvalue weighted by Gasteiger charge is 2.49. The van der Waals surface area contributed by atoms with Crippen molar-refractivity contribution in [3.63, 3.8) is 0 Å². The lowest BCUT2D eigenvalue weighted by Gasteiger charge is -2.28. The highest BCUT2D eigenvalue weighted by Crippen LogP contribution is 2.27. The van der Waals surface area contributed by atoms with Crippen molar-refractivity contribution >= 4 is 17.8 Å². The van der Waals surface area contributed by atoms with Crippen LogP contribution in [-0.2, 0) is 14.3 Å². The van der Waals surface area contributed by atoms with Gasteiger partial charge in [0.05, 0.1) is 12.6 Å². The van der Waals surface area contributed by atoms with Crippen LogP contribution in [0.25, 0.3) is 0 Å². The smallest absolute Gasteiger partial charge is 0.325 e. The SMILES string of the molecule is CC.CC/C=C\C/C=C\CCCCN(C)CCC1(CC)NC(=O)N(CC2=CCC(OC)C=C2)C1=O.CCC(C)(C)C(N)=O. The summed E-state index contributed by atoms with van der Waals surface area (Å²) >= 11 is 0. The average molecular weight is 603 g/mol. The number of nitrogens with one attached hydrogen (secondary N) is 1. The molecule has 1 heterocycles.